The van der Waals surface area contributed by atoms with Gasteiger partial charge in [0.05, 0.1) is 16.6 Å². The zero-order valence-electron chi connectivity index (χ0n) is 12.5. The summed E-state index contributed by atoms with van der Waals surface area (Å²) in [5, 5.41) is 0.960. The van der Waals surface area contributed by atoms with Crippen LogP contribution in [0.25, 0.3) is 16.6 Å². The second-order valence-corrected chi connectivity index (χ2v) is 6.53. The minimum atomic E-state index is -0.364. The molecule has 0 spiro atoms. The molecule has 0 fully saturated rings. The van der Waals surface area contributed by atoms with Crippen molar-refractivity contribution in [2.75, 3.05) is 0 Å². The monoisotopic (exact) mass is 394 g/mol. The van der Waals surface area contributed by atoms with Crippen molar-refractivity contribution in [3.63, 3.8) is 0 Å². The SMILES string of the molecule is CCc1nc2cc(F)c(C)cc2c(=O)n1-c1ccc(Cl)cc1Br. The second kappa shape index (κ2) is 6.06. The summed E-state index contributed by atoms with van der Waals surface area (Å²) in [7, 11) is 0. The van der Waals surface area contributed by atoms with Gasteiger partial charge in [-0.15, -0.1) is 0 Å². The normalized spacial score (nSPS) is 11.2. The van der Waals surface area contributed by atoms with Crippen molar-refractivity contribution in [1.82, 2.24) is 9.55 Å². The summed E-state index contributed by atoms with van der Waals surface area (Å²) >= 11 is 9.42. The van der Waals surface area contributed by atoms with Crippen molar-refractivity contribution in [2.45, 2.75) is 20.3 Å². The van der Waals surface area contributed by atoms with Gasteiger partial charge in [0.2, 0.25) is 0 Å². The fourth-order valence-electron chi connectivity index (χ4n) is 2.51. The number of benzene rings is 2. The maximum absolute atomic E-state index is 13.8. The number of hydrogen-bond acceptors (Lipinski definition) is 2. The molecule has 0 unspecified atom stereocenters. The summed E-state index contributed by atoms with van der Waals surface area (Å²) in [4.78, 5) is 17.4. The Kier molecular flexibility index (Phi) is 4.25. The molecule has 0 aliphatic carbocycles. The topological polar surface area (TPSA) is 34.9 Å². The zero-order valence-corrected chi connectivity index (χ0v) is 14.9. The van der Waals surface area contributed by atoms with E-state index in [9.17, 15) is 9.18 Å². The molecule has 23 heavy (non-hydrogen) atoms. The van der Waals surface area contributed by atoms with Crippen LogP contribution in [0, 0.1) is 12.7 Å². The molecular weight excluding hydrogens is 383 g/mol. The lowest BCUT2D eigenvalue weighted by Gasteiger charge is -2.14. The van der Waals surface area contributed by atoms with E-state index in [-0.39, 0.29) is 11.4 Å². The lowest BCUT2D eigenvalue weighted by atomic mass is 10.1. The van der Waals surface area contributed by atoms with Crippen molar-refractivity contribution in [3.05, 3.63) is 67.4 Å². The first-order valence-electron chi connectivity index (χ1n) is 7.09. The first-order chi connectivity index (χ1) is 10.9. The molecule has 118 valence electrons. The Morgan fingerprint density at radius 2 is 2.04 bits per heavy atom. The number of fused-ring (bicyclic) bond motifs is 1. The van der Waals surface area contributed by atoms with Gasteiger partial charge >= 0.3 is 0 Å². The first kappa shape index (κ1) is 16.1. The lowest BCUT2D eigenvalue weighted by Crippen LogP contribution is -2.24. The van der Waals surface area contributed by atoms with Gasteiger partial charge in [-0.05, 0) is 52.7 Å². The quantitative estimate of drug-likeness (QED) is 0.624. The standard InChI is InChI=1S/C17H13BrClFN2O/c1-3-16-21-14-8-13(20)9(2)6-11(14)17(23)22(16)15-5-4-10(19)7-12(15)18/h4-8H,3H2,1-2H3. The van der Waals surface area contributed by atoms with Crippen molar-refractivity contribution in [1.29, 1.82) is 0 Å². The summed E-state index contributed by atoms with van der Waals surface area (Å²) in [6.07, 6.45) is 0.537. The molecule has 0 aliphatic rings. The highest BCUT2D eigenvalue weighted by molar-refractivity contribution is 9.10. The molecule has 6 heteroatoms. The van der Waals surface area contributed by atoms with Crippen molar-refractivity contribution >= 4 is 38.4 Å². The van der Waals surface area contributed by atoms with Crippen LogP contribution in [0.3, 0.4) is 0 Å². The lowest BCUT2D eigenvalue weighted by molar-refractivity contribution is 0.620. The predicted octanol–water partition coefficient (Wildman–Crippen LogP) is 4.81. The number of aryl methyl sites for hydroxylation is 2. The average molecular weight is 396 g/mol. The predicted molar refractivity (Wildman–Crippen MR) is 94.1 cm³/mol. The maximum atomic E-state index is 13.8. The van der Waals surface area contributed by atoms with Gasteiger partial charge in [0, 0.05) is 22.0 Å². The fraction of sp³-hybridized carbons (Fsp3) is 0.176. The van der Waals surface area contributed by atoms with E-state index in [0.717, 1.165) is 0 Å². The third-order valence-corrected chi connectivity index (χ3v) is 4.56. The van der Waals surface area contributed by atoms with Gasteiger partial charge < -0.3 is 0 Å². The molecule has 3 aromatic rings. The molecule has 0 saturated heterocycles. The molecule has 0 aliphatic heterocycles. The molecule has 1 heterocycles. The van der Waals surface area contributed by atoms with Gasteiger partial charge in [0.15, 0.2) is 0 Å². The Morgan fingerprint density at radius 1 is 1.30 bits per heavy atom. The van der Waals surface area contributed by atoms with Crippen LogP contribution >= 0.6 is 27.5 Å². The van der Waals surface area contributed by atoms with Crippen molar-refractivity contribution < 1.29 is 4.39 Å². The van der Waals surface area contributed by atoms with Gasteiger partial charge in [-0.25, -0.2) is 9.37 Å². The summed E-state index contributed by atoms with van der Waals surface area (Å²) in [5.74, 6) is 0.200. The Morgan fingerprint density at radius 3 is 2.70 bits per heavy atom. The Balaban J connectivity index is 2.42. The third kappa shape index (κ3) is 2.79. The van der Waals surface area contributed by atoms with E-state index in [2.05, 4.69) is 20.9 Å². The average Bonchev–Trinajstić information content (AvgIpc) is 2.50. The van der Waals surface area contributed by atoms with Gasteiger partial charge in [0.1, 0.15) is 11.6 Å². The van der Waals surface area contributed by atoms with Crippen molar-refractivity contribution in [2.24, 2.45) is 0 Å². The fourth-order valence-corrected chi connectivity index (χ4v) is 3.37. The van der Waals surface area contributed by atoms with E-state index in [1.807, 2.05) is 6.92 Å². The Labute approximate surface area is 145 Å². The van der Waals surface area contributed by atoms with Gasteiger partial charge in [-0.3, -0.25) is 9.36 Å². The molecule has 1 aromatic heterocycles. The Bertz CT molecular complexity index is 984. The molecule has 0 amide bonds. The number of rotatable bonds is 2. The maximum Gasteiger partial charge on any atom is 0.266 e. The van der Waals surface area contributed by atoms with Gasteiger partial charge in [-0.1, -0.05) is 18.5 Å². The minimum absolute atomic E-state index is 0.224. The van der Waals surface area contributed by atoms with E-state index >= 15 is 0 Å². The van der Waals surface area contributed by atoms with E-state index < -0.39 is 0 Å². The smallest absolute Gasteiger partial charge is 0.266 e. The van der Waals surface area contributed by atoms with Crippen molar-refractivity contribution in [3.8, 4) is 5.69 Å². The molecule has 0 radical (unpaired) electrons. The summed E-state index contributed by atoms with van der Waals surface area (Å²) < 4.78 is 16.0. The van der Waals surface area contributed by atoms with E-state index in [4.69, 9.17) is 11.6 Å². The molecule has 0 N–H and O–H groups in total. The zero-order chi connectivity index (χ0) is 16.7. The van der Waals surface area contributed by atoms with Crippen LogP contribution in [0.5, 0.6) is 0 Å². The highest BCUT2D eigenvalue weighted by Crippen LogP contribution is 2.26. The number of nitrogens with zero attached hydrogens (tertiary/aromatic N) is 2. The number of hydrogen-bond donors (Lipinski definition) is 0. The summed E-state index contributed by atoms with van der Waals surface area (Å²) in [6, 6.07) is 8.06. The van der Waals surface area contributed by atoms with E-state index in [1.165, 1.54) is 6.07 Å². The van der Waals surface area contributed by atoms with Crippen LogP contribution < -0.4 is 5.56 Å². The largest absolute Gasteiger partial charge is 0.268 e. The molecule has 3 rings (SSSR count). The Hall–Kier alpha value is -1.72. The minimum Gasteiger partial charge on any atom is -0.268 e. The van der Waals surface area contributed by atoms with Crippen LogP contribution in [0.4, 0.5) is 4.39 Å². The highest BCUT2D eigenvalue weighted by atomic mass is 79.9. The third-order valence-electron chi connectivity index (χ3n) is 3.68. The van der Waals surface area contributed by atoms with Gasteiger partial charge in [-0.2, -0.15) is 0 Å². The second-order valence-electron chi connectivity index (χ2n) is 5.24. The molecule has 0 saturated carbocycles. The summed E-state index contributed by atoms with van der Waals surface area (Å²) in [6.45, 7) is 3.53. The molecule has 0 atom stereocenters. The van der Waals surface area contributed by atoms with E-state index in [1.54, 1.807) is 35.8 Å². The molecule has 0 bridgehead atoms. The van der Waals surface area contributed by atoms with Crippen LogP contribution in [0.2, 0.25) is 5.02 Å². The molecule has 3 nitrogen and oxygen atoms in total. The number of halogens is 3. The van der Waals surface area contributed by atoms with Crippen LogP contribution in [0.15, 0.2) is 39.6 Å². The molecule has 2 aromatic carbocycles. The van der Waals surface area contributed by atoms with Crippen LogP contribution in [-0.4, -0.2) is 9.55 Å². The van der Waals surface area contributed by atoms with Gasteiger partial charge in [0.25, 0.3) is 5.56 Å². The number of aromatic nitrogens is 2. The highest BCUT2D eigenvalue weighted by Gasteiger charge is 2.15. The van der Waals surface area contributed by atoms with Crippen LogP contribution in [-0.2, 0) is 6.42 Å². The van der Waals surface area contributed by atoms with E-state index in [0.29, 0.717) is 43.9 Å². The first-order valence-corrected chi connectivity index (χ1v) is 8.26. The van der Waals surface area contributed by atoms with Crippen LogP contribution in [0.1, 0.15) is 18.3 Å². The summed E-state index contributed by atoms with van der Waals surface area (Å²) in [5.41, 5.74) is 1.23. The molecular formula is C17H13BrClFN2O.